The minimum Gasteiger partial charge on any atom is -0.397 e. The zero-order valence-corrected chi connectivity index (χ0v) is 8.20. The first-order chi connectivity index (χ1) is 6.20. The van der Waals surface area contributed by atoms with Gasteiger partial charge in [0.2, 0.25) is 0 Å². The number of hydrogen-bond acceptors (Lipinski definition) is 2. The molecule has 0 aliphatic heterocycles. The standard InChI is InChI=1S/C11H16N2/c1-9(2)4-3-5-10-6-7-13-8-11(10)12/h3-4,6-9H,5,12H2,1-2H3. The van der Waals surface area contributed by atoms with Crippen LogP contribution in [0.2, 0.25) is 0 Å². The summed E-state index contributed by atoms with van der Waals surface area (Å²) in [4.78, 5) is 3.94. The van der Waals surface area contributed by atoms with Crippen LogP contribution in [0.1, 0.15) is 19.4 Å². The summed E-state index contributed by atoms with van der Waals surface area (Å²) in [5.41, 5.74) is 7.66. The first-order valence-electron chi connectivity index (χ1n) is 4.55. The van der Waals surface area contributed by atoms with Crippen LogP contribution in [-0.2, 0) is 6.42 Å². The van der Waals surface area contributed by atoms with Crippen LogP contribution in [0.15, 0.2) is 30.6 Å². The second-order valence-corrected chi connectivity index (χ2v) is 3.45. The molecule has 0 aliphatic carbocycles. The summed E-state index contributed by atoms with van der Waals surface area (Å²) >= 11 is 0. The molecule has 0 aliphatic rings. The van der Waals surface area contributed by atoms with E-state index in [-0.39, 0.29) is 0 Å². The van der Waals surface area contributed by atoms with Crippen molar-refractivity contribution in [3.05, 3.63) is 36.2 Å². The maximum Gasteiger partial charge on any atom is 0.0536 e. The van der Waals surface area contributed by atoms with Gasteiger partial charge in [-0.15, -0.1) is 0 Å². The highest BCUT2D eigenvalue weighted by molar-refractivity contribution is 5.44. The van der Waals surface area contributed by atoms with Crippen LogP contribution in [0, 0.1) is 5.92 Å². The molecule has 1 rings (SSSR count). The first kappa shape index (κ1) is 9.78. The van der Waals surface area contributed by atoms with Crippen molar-refractivity contribution in [1.29, 1.82) is 0 Å². The molecule has 0 aromatic carbocycles. The van der Waals surface area contributed by atoms with Gasteiger partial charge in [0.1, 0.15) is 0 Å². The molecule has 1 aromatic rings. The molecular weight excluding hydrogens is 160 g/mol. The van der Waals surface area contributed by atoms with Crippen LogP contribution in [-0.4, -0.2) is 4.98 Å². The van der Waals surface area contributed by atoms with Crippen LogP contribution in [0.25, 0.3) is 0 Å². The maximum atomic E-state index is 5.74. The van der Waals surface area contributed by atoms with E-state index in [0.29, 0.717) is 5.92 Å². The third kappa shape index (κ3) is 3.28. The molecular formula is C11H16N2. The second kappa shape index (κ2) is 4.65. The Balaban J connectivity index is 2.59. The highest BCUT2D eigenvalue weighted by Gasteiger charge is 1.94. The normalized spacial score (nSPS) is 11.3. The number of nitrogens with zero attached hydrogens (tertiary/aromatic N) is 1. The van der Waals surface area contributed by atoms with E-state index in [1.54, 1.807) is 12.4 Å². The molecule has 0 spiro atoms. The Morgan fingerprint density at radius 3 is 2.92 bits per heavy atom. The lowest BCUT2D eigenvalue weighted by atomic mass is 10.1. The molecule has 0 saturated heterocycles. The lowest BCUT2D eigenvalue weighted by Gasteiger charge is -2.00. The number of hydrogen-bond donors (Lipinski definition) is 1. The Hall–Kier alpha value is -1.31. The number of anilines is 1. The highest BCUT2D eigenvalue weighted by Crippen LogP contribution is 2.10. The summed E-state index contributed by atoms with van der Waals surface area (Å²) in [5, 5.41) is 0. The predicted molar refractivity (Wildman–Crippen MR) is 56.3 cm³/mol. The summed E-state index contributed by atoms with van der Waals surface area (Å²) in [6.07, 6.45) is 8.69. The zero-order chi connectivity index (χ0) is 9.68. The van der Waals surface area contributed by atoms with E-state index in [1.165, 1.54) is 0 Å². The largest absolute Gasteiger partial charge is 0.397 e. The molecule has 1 heterocycles. The fourth-order valence-electron chi connectivity index (χ4n) is 1.09. The van der Waals surface area contributed by atoms with Gasteiger partial charge in [0.05, 0.1) is 11.9 Å². The van der Waals surface area contributed by atoms with E-state index in [4.69, 9.17) is 5.73 Å². The van der Waals surface area contributed by atoms with Crippen molar-refractivity contribution in [2.45, 2.75) is 20.3 Å². The Labute approximate surface area is 79.5 Å². The van der Waals surface area contributed by atoms with Gasteiger partial charge in [-0.05, 0) is 24.0 Å². The number of aromatic nitrogens is 1. The van der Waals surface area contributed by atoms with Crippen molar-refractivity contribution in [1.82, 2.24) is 4.98 Å². The van der Waals surface area contributed by atoms with Gasteiger partial charge in [-0.3, -0.25) is 4.98 Å². The first-order valence-corrected chi connectivity index (χ1v) is 4.55. The molecule has 0 atom stereocenters. The SMILES string of the molecule is CC(C)C=CCc1ccncc1N. The average Bonchev–Trinajstić information content (AvgIpc) is 2.08. The Morgan fingerprint density at radius 1 is 1.54 bits per heavy atom. The van der Waals surface area contributed by atoms with E-state index in [2.05, 4.69) is 31.0 Å². The van der Waals surface area contributed by atoms with Gasteiger partial charge in [0.15, 0.2) is 0 Å². The van der Waals surface area contributed by atoms with E-state index in [9.17, 15) is 0 Å². The molecule has 2 N–H and O–H groups in total. The van der Waals surface area contributed by atoms with Gasteiger partial charge in [-0.1, -0.05) is 26.0 Å². The summed E-state index contributed by atoms with van der Waals surface area (Å²) in [6, 6.07) is 1.96. The van der Waals surface area contributed by atoms with Crippen LogP contribution in [0.3, 0.4) is 0 Å². The summed E-state index contributed by atoms with van der Waals surface area (Å²) < 4.78 is 0. The molecule has 2 nitrogen and oxygen atoms in total. The molecule has 70 valence electrons. The molecule has 2 heteroatoms. The number of pyridine rings is 1. The van der Waals surface area contributed by atoms with Crippen molar-refractivity contribution in [3.63, 3.8) is 0 Å². The topological polar surface area (TPSA) is 38.9 Å². The lowest BCUT2D eigenvalue weighted by molar-refractivity contribution is 0.827. The average molecular weight is 176 g/mol. The fraction of sp³-hybridized carbons (Fsp3) is 0.364. The van der Waals surface area contributed by atoms with E-state index in [0.717, 1.165) is 17.7 Å². The van der Waals surface area contributed by atoms with Gasteiger partial charge in [-0.2, -0.15) is 0 Å². The van der Waals surface area contributed by atoms with E-state index in [1.807, 2.05) is 6.07 Å². The molecule has 13 heavy (non-hydrogen) atoms. The highest BCUT2D eigenvalue weighted by atomic mass is 14.7. The second-order valence-electron chi connectivity index (χ2n) is 3.45. The van der Waals surface area contributed by atoms with Gasteiger partial charge in [0.25, 0.3) is 0 Å². The zero-order valence-electron chi connectivity index (χ0n) is 8.20. The van der Waals surface area contributed by atoms with Gasteiger partial charge in [0, 0.05) is 6.20 Å². The molecule has 0 amide bonds. The summed E-state index contributed by atoms with van der Waals surface area (Å²) in [5.74, 6) is 0.600. The number of nitrogens with two attached hydrogens (primary N) is 1. The molecule has 0 bridgehead atoms. The Bertz CT molecular complexity index is 290. The summed E-state index contributed by atoms with van der Waals surface area (Å²) in [7, 11) is 0. The quantitative estimate of drug-likeness (QED) is 0.718. The molecule has 0 unspecified atom stereocenters. The molecule has 1 aromatic heterocycles. The van der Waals surface area contributed by atoms with Crippen LogP contribution < -0.4 is 5.73 Å². The predicted octanol–water partition coefficient (Wildman–Crippen LogP) is 2.42. The van der Waals surface area contributed by atoms with Gasteiger partial charge >= 0.3 is 0 Å². The number of nitrogen functional groups attached to an aromatic ring is 1. The van der Waals surface area contributed by atoms with Crippen molar-refractivity contribution < 1.29 is 0 Å². The van der Waals surface area contributed by atoms with E-state index < -0.39 is 0 Å². The number of allylic oxidation sites excluding steroid dienone is 2. The van der Waals surface area contributed by atoms with Crippen LogP contribution in [0.4, 0.5) is 5.69 Å². The lowest BCUT2D eigenvalue weighted by Crippen LogP contribution is -1.93. The van der Waals surface area contributed by atoms with Crippen molar-refractivity contribution in [2.75, 3.05) is 5.73 Å². The number of rotatable bonds is 3. The maximum absolute atomic E-state index is 5.74. The minimum atomic E-state index is 0.600. The van der Waals surface area contributed by atoms with Gasteiger partial charge in [-0.25, -0.2) is 0 Å². The fourth-order valence-corrected chi connectivity index (χ4v) is 1.09. The van der Waals surface area contributed by atoms with Crippen molar-refractivity contribution in [3.8, 4) is 0 Å². The summed E-state index contributed by atoms with van der Waals surface area (Å²) in [6.45, 7) is 4.32. The Kier molecular flexibility index (Phi) is 3.50. The van der Waals surface area contributed by atoms with E-state index >= 15 is 0 Å². The Morgan fingerprint density at radius 2 is 2.31 bits per heavy atom. The van der Waals surface area contributed by atoms with Crippen molar-refractivity contribution in [2.24, 2.45) is 5.92 Å². The van der Waals surface area contributed by atoms with Crippen LogP contribution in [0.5, 0.6) is 0 Å². The minimum absolute atomic E-state index is 0.600. The smallest absolute Gasteiger partial charge is 0.0536 e. The van der Waals surface area contributed by atoms with Crippen molar-refractivity contribution >= 4 is 5.69 Å². The van der Waals surface area contributed by atoms with Gasteiger partial charge < -0.3 is 5.73 Å². The molecule has 0 radical (unpaired) electrons. The monoisotopic (exact) mass is 176 g/mol. The van der Waals surface area contributed by atoms with Crippen LogP contribution >= 0.6 is 0 Å². The third-order valence-electron chi connectivity index (χ3n) is 1.80. The third-order valence-corrected chi connectivity index (χ3v) is 1.80. The molecule has 0 fully saturated rings. The molecule has 0 saturated carbocycles.